The molecule has 11 heteroatoms. The van der Waals surface area contributed by atoms with E-state index >= 15 is 0 Å². The van der Waals surface area contributed by atoms with Crippen LogP contribution in [0.4, 0.5) is 17.1 Å². The van der Waals surface area contributed by atoms with Crippen molar-refractivity contribution in [2.45, 2.75) is 44.7 Å². The summed E-state index contributed by atoms with van der Waals surface area (Å²) in [6.45, 7) is 1.84. The van der Waals surface area contributed by atoms with E-state index in [4.69, 9.17) is 18.9 Å². The Labute approximate surface area is 291 Å². The van der Waals surface area contributed by atoms with Crippen molar-refractivity contribution in [3.8, 4) is 23.0 Å². The van der Waals surface area contributed by atoms with Crippen molar-refractivity contribution in [2.75, 3.05) is 42.9 Å². The first-order valence-corrected chi connectivity index (χ1v) is 19.2. The van der Waals surface area contributed by atoms with Crippen LogP contribution in [-0.2, 0) is 23.8 Å². The standard InChI is InChI=1S/C39H38N3O7P/c1-4-50(45,22-48-36-17-24-13-14-27-15-25-9-5-7-11-32(25)41(27)38(43)29(24)18-34(36)46-2)23-49-37-20-31-30(19-35(37)47-3)39(44)42-28(21-40-31)16-26-10-6-8-12-33(26)42/h5-12,17-21,27-28H,4,13-16,22-23H2,1-3H3/t27-,28+,50?/m1/s1. The van der Waals surface area contributed by atoms with E-state index < -0.39 is 7.14 Å². The quantitative estimate of drug-likeness (QED) is 0.170. The van der Waals surface area contributed by atoms with Crippen molar-refractivity contribution in [1.29, 1.82) is 0 Å². The summed E-state index contributed by atoms with van der Waals surface area (Å²) in [5.74, 6) is 1.33. The van der Waals surface area contributed by atoms with Gasteiger partial charge in [-0.1, -0.05) is 43.3 Å². The largest absolute Gasteiger partial charge is 0.493 e. The van der Waals surface area contributed by atoms with Crippen LogP contribution in [0.25, 0.3) is 0 Å². The fourth-order valence-corrected chi connectivity index (χ4v) is 8.67. The van der Waals surface area contributed by atoms with E-state index in [1.54, 1.807) is 29.3 Å². The number of amides is 2. The van der Waals surface area contributed by atoms with Gasteiger partial charge in [0.1, 0.15) is 12.7 Å². The van der Waals surface area contributed by atoms with Crippen LogP contribution in [0.2, 0.25) is 0 Å². The van der Waals surface area contributed by atoms with E-state index in [-0.39, 0.29) is 36.6 Å². The van der Waals surface area contributed by atoms with Gasteiger partial charge in [-0.2, -0.15) is 0 Å². The number of benzene rings is 4. The fraction of sp³-hybridized carbons (Fsp3) is 0.308. The van der Waals surface area contributed by atoms with Gasteiger partial charge in [-0.05, 0) is 66.3 Å². The van der Waals surface area contributed by atoms with Crippen molar-refractivity contribution in [3.05, 3.63) is 101 Å². The number of aryl methyl sites for hydroxylation is 1. The van der Waals surface area contributed by atoms with Crippen LogP contribution < -0.4 is 28.7 Å². The number of methoxy groups -OCH3 is 2. The van der Waals surface area contributed by atoms with Gasteiger partial charge in [-0.3, -0.25) is 19.5 Å². The Bertz CT molecular complexity index is 2110. The highest BCUT2D eigenvalue weighted by atomic mass is 31.2. The molecule has 0 saturated heterocycles. The van der Waals surface area contributed by atoms with Gasteiger partial charge < -0.3 is 28.4 Å². The van der Waals surface area contributed by atoms with E-state index in [0.29, 0.717) is 58.8 Å². The van der Waals surface area contributed by atoms with Crippen LogP contribution in [0.3, 0.4) is 0 Å². The van der Waals surface area contributed by atoms with Gasteiger partial charge in [0.2, 0.25) is 0 Å². The first kappa shape index (κ1) is 32.1. The highest BCUT2D eigenvalue weighted by Gasteiger charge is 2.39. The number of fused-ring (bicyclic) bond motifs is 8. The molecule has 0 spiro atoms. The van der Waals surface area contributed by atoms with Gasteiger partial charge >= 0.3 is 0 Å². The molecule has 0 aliphatic carbocycles. The van der Waals surface area contributed by atoms with Gasteiger partial charge in [-0.25, -0.2) is 0 Å². The number of rotatable bonds is 9. The Morgan fingerprint density at radius 3 is 2.02 bits per heavy atom. The topological polar surface area (TPSA) is 107 Å². The first-order valence-electron chi connectivity index (χ1n) is 16.9. The summed E-state index contributed by atoms with van der Waals surface area (Å²) in [5, 5.41) is 0. The van der Waals surface area contributed by atoms with E-state index in [9.17, 15) is 14.2 Å². The molecule has 4 aliphatic rings. The lowest BCUT2D eigenvalue weighted by Gasteiger charge is -2.23. The summed E-state index contributed by atoms with van der Waals surface area (Å²) < 4.78 is 37.8. The molecule has 4 aromatic carbocycles. The van der Waals surface area contributed by atoms with Crippen LogP contribution in [0.5, 0.6) is 23.0 Å². The normalized spacial score (nSPS) is 19.6. The number of carbonyl (C=O) groups is 2. The van der Waals surface area contributed by atoms with E-state index in [1.165, 1.54) is 19.8 Å². The number of carbonyl (C=O) groups excluding carboxylic acids is 2. The molecule has 0 saturated carbocycles. The van der Waals surface area contributed by atoms with Crippen molar-refractivity contribution >= 4 is 42.2 Å². The van der Waals surface area contributed by atoms with Crippen molar-refractivity contribution in [2.24, 2.45) is 4.99 Å². The average molecular weight is 692 g/mol. The molecule has 0 fully saturated rings. The molecule has 4 aliphatic heterocycles. The molecule has 8 rings (SSSR count). The highest BCUT2D eigenvalue weighted by Crippen LogP contribution is 2.49. The van der Waals surface area contributed by atoms with Crippen LogP contribution in [-0.4, -0.2) is 63.2 Å². The molecule has 10 nitrogen and oxygen atoms in total. The molecule has 0 bridgehead atoms. The Balaban J connectivity index is 1.000. The maximum Gasteiger partial charge on any atom is 0.261 e. The Kier molecular flexibility index (Phi) is 8.14. The highest BCUT2D eigenvalue weighted by molar-refractivity contribution is 7.63. The van der Waals surface area contributed by atoms with Gasteiger partial charge in [-0.15, -0.1) is 0 Å². The molecule has 0 radical (unpaired) electrons. The molecule has 2 amide bonds. The average Bonchev–Trinajstić information content (AvgIpc) is 3.64. The molecule has 50 heavy (non-hydrogen) atoms. The molecule has 4 aromatic rings. The summed E-state index contributed by atoms with van der Waals surface area (Å²) in [6, 6.07) is 22.8. The molecular weight excluding hydrogens is 653 g/mol. The van der Waals surface area contributed by atoms with Crippen LogP contribution in [0.15, 0.2) is 77.8 Å². The van der Waals surface area contributed by atoms with Gasteiger partial charge in [0, 0.05) is 47.8 Å². The summed E-state index contributed by atoms with van der Waals surface area (Å²) in [5.41, 5.74) is 6.50. The first-order chi connectivity index (χ1) is 24.3. The third-order valence-corrected chi connectivity index (χ3v) is 12.6. The zero-order valence-corrected chi connectivity index (χ0v) is 29.2. The van der Waals surface area contributed by atoms with E-state index in [2.05, 4.69) is 11.1 Å². The number of hydrogen-bond donors (Lipinski definition) is 0. The fourth-order valence-electron chi connectivity index (χ4n) is 7.48. The smallest absolute Gasteiger partial charge is 0.261 e. The Morgan fingerprint density at radius 2 is 1.34 bits per heavy atom. The van der Waals surface area contributed by atoms with Gasteiger partial charge in [0.05, 0.1) is 31.5 Å². The van der Waals surface area contributed by atoms with Gasteiger partial charge in [0.15, 0.2) is 30.1 Å². The van der Waals surface area contributed by atoms with E-state index in [0.717, 1.165) is 35.3 Å². The lowest BCUT2D eigenvalue weighted by Crippen LogP contribution is -2.37. The molecule has 0 N–H and O–H groups in total. The van der Waals surface area contributed by atoms with Crippen molar-refractivity contribution in [1.82, 2.24) is 0 Å². The maximum atomic E-state index is 14.1. The summed E-state index contributed by atoms with van der Waals surface area (Å²) >= 11 is 0. The Hall–Kier alpha value is -5.08. The molecule has 4 heterocycles. The second-order valence-electron chi connectivity index (χ2n) is 13.2. The minimum absolute atomic E-state index is 0.0455. The van der Waals surface area contributed by atoms with E-state index in [1.807, 2.05) is 60.4 Å². The number of para-hydroxylation sites is 2. The van der Waals surface area contributed by atoms with Crippen LogP contribution >= 0.6 is 7.14 Å². The maximum absolute atomic E-state index is 14.1. The van der Waals surface area contributed by atoms with Crippen LogP contribution in [0.1, 0.15) is 50.8 Å². The molecule has 3 atom stereocenters. The second-order valence-corrected chi connectivity index (χ2v) is 16.4. The molecular formula is C39H38N3O7P. The lowest BCUT2D eigenvalue weighted by molar-refractivity contribution is 0.0975. The number of hydrogen-bond acceptors (Lipinski definition) is 8. The molecule has 0 aromatic heterocycles. The second kappa shape index (κ2) is 12.7. The van der Waals surface area contributed by atoms with Crippen LogP contribution in [0, 0.1) is 0 Å². The molecule has 256 valence electrons. The summed E-state index contributed by atoms with van der Waals surface area (Å²) in [6.07, 6.45) is 4.99. The lowest BCUT2D eigenvalue weighted by atomic mass is 9.99. The predicted octanol–water partition coefficient (Wildman–Crippen LogP) is 7.26. The summed E-state index contributed by atoms with van der Waals surface area (Å²) in [7, 11) is 0.00400. The Morgan fingerprint density at radius 1 is 0.740 bits per heavy atom. The third-order valence-electron chi connectivity index (χ3n) is 10.3. The van der Waals surface area contributed by atoms with Crippen molar-refractivity contribution in [3.63, 3.8) is 0 Å². The SMILES string of the molecule is CCP(=O)(COc1cc2c(cc1OC)C(=O)N1c3ccccc3C[C@H]1CC2)COc1cc2c(cc1OC)C(=O)N1c3ccccc3C[C@H]1C=N2. The number of aliphatic imine (C=N–C) groups is 1. The predicted molar refractivity (Wildman–Crippen MR) is 193 cm³/mol. The zero-order chi connectivity index (χ0) is 34.6. The van der Waals surface area contributed by atoms with Gasteiger partial charge in [0.25, 0.3) is 11.8 Å². The number of nitrogens with zero attached hydrogens (tertiary/aromatic N) is 3. The number of anilines is 2. The minimum atomic E-state index is -3.04. The third kappa shape index (κ3) is 5.42. The number of ether oxygens (including phenoxy) is 4. The molecule has 1 unspecified atom stereocenters. The summed E-state index contributed by atoms with van der Waals surface area (Å²) in [4.78, 5) is 36.0. The minimum Gasteiger partial charge on any atom is -0.493 e. The monoisotopic (exact) mass is 691 g/mol. The van der Waals surface area contributed by atoms with Crippen molar-refractivity contribution < 1.29 is 33.1 Å². The zero-order valence-electron chi connectivity index (χ0n) is 28.3.